The standard InChI is InChI=1S/C16H17N3O4/c1-22-13-8-4-5-9-14(13)23-10-18-16(21)19-12-7-3-2-6-11(12)15(17)20/h2-9H,10H2,1H3,(H2,17,20)(H2,18,19,21). The van der Waals surface area contributed by atoms with Crippen LogP contribution < -0.4 is 25.8 Å². The molecule has 4 N–H and O–H groups in total. The van der Waals surface area contributed by atoms with Crippen molar-refractivity contribution in [1.29, 1.82) is 0 Å². The van der Waals surface area contributed by atoms with Gasteiger partial charge in [0.25, 0.3) is 5.91 Å². The molecule has 2 rings (SSSR count). The number of primary amides is 1. The summed E-state index contributed by atoms with van der Waals surface area (Å²) in [6, 6.07) is 13.0. The van der Waals surface area contributed by atoms with Gasteiger partial charge in [-0.3, -0.25) is 4.79 Å². The molecule has 0 aliphatic rings. The molecule has 0 fully saturated rings. The van der Waals surface area contributed by atoms with E-state index in [4.69, 9.17) is 15.2 Å². The molecule has 0 aliphatic carbocycles. The minimum absolute atomic E-state index is 0.0645. The van der Waals surface area contributed by atoms with Gasteiger partial charge in [-0.15, -0.1) is 0 Å². The molecule has 7 nitrogen and oxygen atoms in total. The van der Waals surface area contributed by atoms with E-state index >= 15 is 0 Å². The highest BCUT2D eigenvalue weighted by Crippen LogP contribution is 2.25. The van der Waals surface area contributed by atoms with Gasteiger partial charge < -0.3 is 25.8 Å². The van der Waals surface area contributed by atoms with Crippen molar-refractivity contribution in [1.82, 2.24) is 5.32 Å². The third-order valence-corrected chi connectivity index (χ3v) is 2.97. The summed E-state index contributed by atoms with van der Waals surface area (Å²) in [6.07, 6.45) is 0. The van der Waals surface area contributed by atoms with Crippen LogP contribution in [0.4, 0.5) is 10.5 Å². The first-order valence-corrected chi connectivity index (χ1v) is 6.81. The van der Waals surface area contributed by atoms with E-state index < -0.39 is 11.9 Å². The molecular formula is C16H17N3O4. The number of amides is 3. The Bertz CT molecular complexity index is 703. The predicted octanol–water partition coefficient (Wildman–Crippen LogP) is 1.95. The Hall–Kier alpha value is -3.22. The van der Waals surface area contributed by atoms with Gasteiger partial charge in [-0.25, -0.2) is 4.79 Å². The highest BCUT2D eigenvalue weighted by atomic mass is 16.5. The number of hydrogen-bond acceptors (Lipinski definition) is 4. The van der Waals surface area contributed by atoms with Crippen molar-refractivity contribution in [2.45, 2.75) is 0 Å². The molecule has 0 heterocycles. The molecule has 0 bridgehead atoms. The largest absolute Gasteiger partial charge is 0.493 e. The zero-order valence-electron chi connectivity index (χ0n) is 12.5. The van der Waals surface area contributed by atoms with E-state index in [1.807, 2.05) is 6.07 Å². The molecule has 2 aromatic rings. The first-order chi connectivity index (χ1) is 11.1. The normalized spacial score (nSPS) is 9.78. The van der Waals surface area contributed by atoms with E-state index in [1.165, 1.54) is 13.2 Å². The van der Waals surface area contributed by atoms with Crippen molar-refractivity contribution in [2.75, 3.05) is 19.2 Å². The number of ether oxygens (including phenoxy) is 2. The molecule has 7 heteroatoms. The number of methoxy groups -OCH3 is 1. The number of nitrogens with two attached hydrogens (primary N) is 1. The van der Waals surface area contributed by atoms with E-state index in [0.717, 1.165) is 0 Å². The molecule has 0 aliphatic heterocycles. The van der Waals surface area contributed by atoms with Crippen molar-refractivity contribution in [3.8, 4) is 11.5 Å². The maximum Gasteiger partial charge on any atom is 0.321 e. The number of carbonyl (C=O) groups is 2. The van der Waals surface area contributed by atoms with Crippen LogP contribution in [0.15, 0.2) is 48.5 Å². The first-order valence-electron chi connectivity index (χ1n) is 6.81. The smallest absolute Gasteiger partial charge is 0.321 e. The van der Waals surface area contributed by atoms with Crippen LogP contribution in [-0.2, 0) is 0 Å². The van der Waals surface area contributed by atoms with Gasteiger partial charge in [-0.2, -0.15) is 0 Å². The van der Waals surface area contributed by atoms with Gasteiger partial charge in [0.05, 0.1) is 18.4 Å². The molecule has 0 radical (unpaired) electrons. The monoisotopic (exact) mass is 315 g/mol. The van der Waals surface area contributed by atoms with Crippen LogP contribution >= 0.6 is 0 Å². The number of hydrogen-bond donors (Lipinski definition) is 3. The summed E-state index contributed by atoms with van der Waals surface area (Å²) in [6.45, 7) is -0.0645. The fourth-order valence-corrected chi connectivity index (χ4v) is 1.89. The van der Waals surface area contributed by atoms with Crippen molar-refractivity contribution in [3.63, 3.8) is 0 Å². The quantitative estimate of drug-likeness (QED) is 0.709. The molecule has 0 aromatic heterocycles. The van der Waals surface area contributed by atoms with E-state index in [1.54, 1.807) is 36.4 Å². The van der Waals surface area contributed by atoms with E-state index in [0.29, 0.717) is 17.2 Å². The molecule has 0 saturated heterocycles. The fraction of sp³-hybridized carbons (Fsp3) is 0.125. The lowest BCUT2D eigenvalue weighted by Crippen LogP contribution is -2.32. The summed E-state index contributed by atoms with van der Waals surface area (Å²) >= 11 is 0. The predicted molar refractivity (Wildman–Crippen MR) is 85.6 cm³/mol. The molecule has 0 saturated carbocycles. The molecule has 0 spiro atoms. The second-order valence-corrected chi connectivity index (χ2v) is 4.48. The van der Waals surface area contributed by atoms with Gasteiger partial charge in [-0.1, -0.05) is 24.3 Å². The summed E-state index contributed by atoms with van der Waals surface area (Å²) < 4.78 is 10.6. The molecule has 3 amide bonds. The number of carbonyl (C=O) groups excluding carboxylic acids is 2. The number of rotatable bonds is 6. The van der Waals surface area contributed by atoms with Crippen LogP contribution in [0.1, 0.15) is 10.4 Å². The Morgan fingerprint density at radius 3 is 2.39 bits per heavy atom. The zero-order valence-corrected chi connectivity index (χ0v) is 12.5. The Morgan fingerprint density at radius 1 is 1.04 bits per heavy atom. The Morgan fingerprint density at radius 2 is 1.70 bits per heavy atom. The second-order valence-electron chi connectivity index (χ2n) is 4.48. The van der Waals surface area contributed by atoms with Crippen LogP contribution in [0, 0.1) is 0 Å². The van der Waals surface area contributed by atoms with Gasteiger partial charge in [0.1, 0.15) is 0 Å². The number of nitrogens with one attached hydrogen (secondary N) is 2. The van der Waals surface area contributed by atoms with Crippen molar-refractivity contribution >= 4 is 17.6 Å². The van der Waals surface area contributed by atoms with Gasteiger partial charge in [-0.05, 0) is 24.3 Å². The molecule has 2 aromatic carbocycles. The summed E-state index contributed by atoms with van der Waals surface area (Å²) in [4.78, 5) is 23.1. The lowest BCUT2D eigenvalue weighted by molar-refractivity contribution is 0.100. The number of urea groups is 1. The van der Waals surface area contributed by atoms with Crippen LogP contribution in [0.5, 0.6) is 11.5 Å². The molecule has 120 valence electrons. The Balaban J connectivity index is 1.90. The SMILES string of the molecule is COc1ccccc1OCNC(=O)Nc1ccccc1C(N)=O. The maximum atomic E-state index is 11.8. The second kappa shape index (κ2) is 7.69. The third-order valence-electron chi connectivity index (χ3n) is 2.97. The van der Waals surface area contributed by atoms with Crippen LogP contribution in [0.3, 0.4) is 0 Å². The van der Waals surface area contributed by atoms with Crippen molar-refractivity contribution in [3.05, 3.63) is 54.1 Å². The fourth-order valence-electron chi connectivity index (χ4n) is 1.89. The average molecular weight is 315 g/mol. The van der Waals surface area contributed by atoms with Crippen LogP contribution in [0.2, 0.25) is 0 Å². The van der Waals surface area contributed by atoms with E-state index in [9.17, 15) is 9.59 Å². The third kappa shape index (κ3) is 4.37. The van der Waals surface area contributed by atoms with Gasteiger partial charge in [0.2, 0.25) is 0 Å². The molecule has 23 heavy (non-hydrogen) atoms. The van der Waals surface area contributed by atoms with Crippen LogP contribution in [0.25, 0.3) is 0 Å². The highest BCUT2D eigenvalue weighted by Gasteiger charge is 2.10. The zero-order chi connectivity index (χ0) is 16.7. The van der Waals surface area contributed by atoms with Crippen molar-refractivity contribution < 1.29 is 19.1 Å². The summed E-state index contributed by atoms with van der Waals surface area (Å²) in [5, 5.41) is 5.06. The van der Waals surface area contributed by atoms with E-state index in [2.05, 4.69) is 10.6 Å². The highest BCUT2D eigenvalue weighted by molar-refractivity contribution is 6.02. The number of para-hydroxylation sites is 3. The minimum atomic E-state index is -0.619. The Labute approximate surface area is 133 Å². The summed E-state index contributed by atoms with van der Waals surface area (Å²) in [7, 11) is 1.53. The molecule has 0 atom stereocenters. The lowest BCUT2D eigenvalue weighted by atomic mass is 10.1. The van der Waals surface area contributed by atoms with Gasteiger partial charge in [0, 0.05) is 0 Å². The van der Waals surface area contributed by atoms with Crippen molar-refractivity contribution in [2.24, 2.45) is 5.73 Å². The average Bonchev–Trinajstić information content (AvgIpc) is 2.55. The topological polar surface area (TPSA) is 103 Å². The van der Waals surface area contributed by atoms with Gasteiger partial charge in [0.15, 0.2) is 18.2 Å². The minimum Gasteiger partial charge on any atom is -0.493 e. The number of anilines is 1. The van der Waals surface area contributed by atoms with Crippen LogP contribution in [-0.4, -0.2) is 25.8 Å². The first kappa shape index (κ1) is 16.2. The maximum absolute atomic E-state index is 11.8. The number of benzene rings is 2. The lowest BCUT2D eigenvalue weighted by Gasteiger charge is -2.12. The summed E-state index contributed by atoms with van der Waals surface area (Å²) in [5.74, 6) is 0.452. The molecule has 0 unspecified atom stereocenters. The summed E-state index contributed by atoms with van der Waals surface area (Å²) in [5.41, 5.74) is 5.81. The molecular weight excluding hydrogens is 298 g/mol. The van der Waals surface area contributed by atoms with Gasteiger partial charge >= 0.3 is 6.03 Å². The van der Waals surface area contributed by atoms with E-state index in [-0.39, 0.29) is 12.3 Å². The Kier molecular flexibility index (Phi) is 5.40.